The number of nitrogens with one attached hydrogen (secondary N) is 1. The van der Waals surface area contributed by atoms with E-state index in [0.717, 1.165) is 25.7 Å². The molecule has 0 aromatic heterocycles. The van der Waals surface area contributed by atoms with Gasteiger partial charge in [0.25, 0.3) is 0 Å². The lowest BCUT2D eigenvalue weighted by Crippen LogP contribution is -2.34. The van der Waals surface area contributed by atoms with Crippen molar-refractivity contribution in [1.29, 1.82) is 5.26 Å². The molecular formula is C17H24N2. The molecule has 2 rings (SSSR count). The summed E-state index contributed by atoms with van der Waals surface area (Å²) in [6.07, 6.45) is 5.53. The lowest BCUT2D eigenvalue weighted by Gasteiger charge is -2.24. The van der Waals surface area contributed by atoms with E-state index in [2.05, 4.69) is 49.5 Å². The lowest BCUT2D eigenvalue weighted by molar-refractivity contribution is 0.394. The Morgan fingerprint density at radius 1 is 1.26 bits per heavy atom. The zero-order valence-electron chi connectivity index (χ0n) is 12.0. The first-order valence-electron chi connectivity index (χ1n) is 7.53. The van der Waals surface area contributed by atoms with Crippen LogP contribution in [0.3, 0.4) is 0 Å². The molecule has 1 aromatic carbocycles. The molecule has 1 aliphatic carbocycles. The summed E-state index contributed by atoms with van der Waals surface area (Å²) in [7, 11) is 0. The fraction of sp³-hybridized carbons (Fsp3) is 0.588. The van der Waals surface area contributed by atoms with Crippen LogP contribution < -0.4 is 5.32 Å². The van der Waals surface area contributed by atoms with Crippen LogP contribution in [0.25, 0.3) is 0 Å². The van der Waals surface area contributed by atoms with E-state index in [4.69, 9.17) is 0 Å². The van der Waals surface area contributed by atoms with Crippen LogP contribution in [0, 0.1) is 17.2 Å². The Labute approximate surface area is 116 Å². The first-order valence-corrected chi connectivity index (χ1v) is 7.53. The molecule has 0 amide bonds. The molecular weight excluding hydrogens is 232 g/mol. The maximum absolute atomic E-state index is 9.17. The van der Waals surface area contributed by atoms with Crippen LogP contribution in [0.15, 0.2) is 24.3 Å². The van der Waals surface area contributed by atoms with Gasteiger partial charge in [-0.25, -0.2) is 0 Å². The van der Waals surface area contributed by atoms with Gasteiger partial charge in [0.15, 0.2) is 0 Å². The van der Waals surface area contributed by atoms with Gasteiger partial charge in [-0.3, -0.25) is 0 Å². The molecule has 1 aromatic rings. The Balaban J connectivity index is 2.05. The maximum Gasteiger partial charge on any atom is 0.0672 e. The normalized spacial score (nSPS) is 24.1. The molecule has 0 aliphatic heterocycles. The minimum atomic E-state index is 0.198. The second-order valence-corrected chi connectivity index (χ2v) is 5.50. The first-order chi connectivity index (χ1) is 9.28. The second kappa shape index (κ2) is 6.73. The summed E-state index contributed by atoms with van der Waals surface area (Å²) in [6.45, 7) is 4.39. The predicted molar refractivity (Wildman–Crippen MR) is 78.7 cm³/mol. The maximum atomic E-state index is 9.17. The van der Waals surface area contributed by atoms with E-state index in [9.17, 15) is 5.26 Å². The minimum absolute atomic E-state index is 0.198. The second-order valence-electron chi connectivity index (χ2n) is 5.50. The number of hydrogen-bond donors (Lipinski definition) is 1. The van der Waals surface area contributed by atoms with Crippen molar-refractivity contribution in [2.45, 2.75) is 58.0 Å². The Kier molecular flexibility index (Phi) is 4.99. The van der Waals surface area contributed by atoms with E-state index in [1.54, 1.807) is 0 Å². The Morgan fingerprint density at radius 2 is 2.00 bits per heavy atom. The third kappa shape index (κ3) is 3.36. The molecule has 0 heterocycles. The third-order valence-electron chi connectivity index (χ3n) is 4.30. The van der Waals surface area contributed by atoms with Gasteiger partial charge in [0.1, 0.15) is 0 Å². The molecule has 0 saturated heterocycles. The summed E-state index contributed by atoms with van der Waals surface area (Å²) < 4.78 is 0. The fourth-order valence-corrected chi connectivity index (χ4v) is 3.01. The summed E-state index contributed by atoms with van der Waals surface area (Å²) in [5, 5.41) is 12.9. The van der Waals surface area contributed by atoms with Gasteiger partial charge in [0.2, 0.25) is 0 Å². The van der Waals surface area contributed by atoms with Gasteiger partial charge >= 0.3 is 0 Å². The molecule has 102 valence electrons. The molecule has 1 fully saturated rings. The molecule has 19 heavy (non-hydrogen) atoms. The van der Waals surface area contributed by atoms with Crippen molar-refractivity contribution in [3.8, 4) is 6.07 Å². The molecule has 3 atom stereocenters. The summed E-state index contributed by atoms with van der Waals surface area (Å²) in [5.41, 5.74) is 2.73. The largest absolute Gasteiger partial charge is 0.306 e. The van der Waals surface area contributed by atoms with Crippen LogP contribution in [0.5, 0.6) is 0 Å². The van der Waals surface area contributed by atoms with Crippen molar-refractivity contribution in [1.82, 2.24) is 5.32 Å². The van der Waals surface area contributed by atoms with E-state index in [0.29, 0.717) is 12.1 Å². The number of benzene rings is 1. The number of rotatable bonds is 5. The quantitative estimate of drug-likeness (QED) is 0.865. The highest BCUT2D eigenvalue weighted by Crippen LogP contribution is 2.28. The average Bonchev–Trinajstić information content (AvgIpc) is 2.92. The van der Waals surface area contributed by atoms with Gasteiger partial charge in [-0.1, -0.05) is 44.5 Å². The van der Waals surface area contributed by atoms with Gasteiger partial charge < -0.3 is 5.32 Å². The summed E-state index contributed by atoms with van der Waals surface area (Å²) >= 11 is 0. The van der Waals surface area contributed by atoms with E-state index in [1.165, 1.54) is 17.5 Å². The number of nitrogens with zero attached hydrogens (tertiary/aromatic N) is 1. The zero-order valence-corrected chi connectivity index (χ0v) is 12.0. The summed E-state index contributed by atoms with van der Waals surface area (Å²) in [5.74, 6) is 0.198. The molecule has 3 unspecified atom stereocenters. The van der Waals surface area contributed by atoms with Gasteiger partial charge in [-0.15, -0.1) is 0 Å². The van der Waals surface area contributed by atoms with Crippen LogP contribution in [-0.2, 0) is 6.42 Å². The average molecular weight is 256 g/mol. The fourth-order valence-electron chi connectivity index (χ4n) is 3.01. The molecule has 2 nitrogen and oxygen atoms in total. The standard InChI is InChI=1S/C17H24N2/c1-3-13-8-10-14(11-9-13)16(4-2)19-17-7-5-6-15(17)12-18/h8-11,15-17,19H,3-7H2,1-2H3. The van der Waals surface area contributed by atoms with Gasteiger partial charge in [0.05, 0.1) is 12.0 Å². The van der Waals surface area contributed by atoms with Crippen molar-refractivity contribution < 1.29 is 0 Å². The highest BCUT2D eigenvalue weighted by atomic mass is 15.0. The Hall–Kier alpha value is -1.33. The molecule has 1 N–H and O–H groups in total. The van der Waals surface area contributed by atoms with Crippen molar-refractivity contribution >= 4 is 0 Å². The van der Waals surface area contributed by atoms with E-state index < -0.39 is 0 Å². The number of nitriles is 1. The summed E-state index contributed by atoms with van der Waals surface area (Å²) in [4.78, 5) is 0. The molecule has 1 aliphatic rings. The molecule has 2 heteroatoms. The number of hydrogen-bond acceptors (Lipinski definition) is 2. The van der Waals surface area contributed by atoms with Crippen molar-refractivity contribution in [2.24, 2.45) is 5.92 Å². The topological polar surface area (TPSA) is 35.8 Å². The van der Waals surface area contributed by atoms with Gasteiger partial charge in [0, 0.05) is 12.1 Å². The minimum Gasteiger partial charge on any atom is -0.306 e. The predicted octanol–water partition coefficient (Wildman–Crippen LogP) is 3.98. The third-order valence-corrected chi connectivity index (χ3v) is 4.30. The van der Waals surface area contributed by atoms with Crippen LogP contribution in [0.4, 0.5) is 0 Å². The lowest BCUT2D eigenvalue weighted by atomic mass is 9.98. The van der Waals surface area contributed by atoms with Crippen molar-refractivity contribution in [3.05, 3.63) is 35.4 Å². The van der Waals surface area contributed by atoms with E-state index in [1.807, 2.05) is 0 Å². The SMILES string of the molecule is CCc1ccc(C(CC)NC2CCCC2C#N)cc1. The molecule has 0 spiro atoms. The van der Waals surface area contributed by atoms with E-state index in [-0.39, 0.29) is 5.92 Å². The highest BCUT2D eigenvalue weighted by molar-refractivity contribution is 5.25. The smallest absolute Gasteiger partial charge is 0.0672 e. The Bertz CT molecular complexity index is 430. The number of aryl methyl sites for hydroxylation is 1. The first kappa shape index (κ1) is 14.1. The van der Waals surface area contributed by atoms with Crippen molar-refractivity contribution in [3.63, 3.8) is 0 Å². The van der Waals surface area contributed by atoms with Crippen LogP contribution >= 0.6 is 0 Å². The van der Waals surface area contributed by atoms with Gasteiger partial charge in [-0.05, 0) is 36.8 Å². The van der Waals surface area contributed by atoms with Crippen LogP contribution in [-0.4, -0.2) is 6.04 Å². The van der Waals surface area contributed by atoms with Gasteiger partial charge in [-0.2, -0.15) is 5.26 Å². The molecule has 0 radical (unpaired) electrons. The Morgan fingerprint density at radius 3 is 2.58 bits per heavy atom. The summed E-state index contributed by atoms with van der Waals surface area (Å²) in [6, 6.07) is 12.1. The molecule has 0 bridgehead atoms. The van der Waals surface area contributed by atoms with E-state index >= 15 is 0 Å². The monoisotopic (exact) mass is 256 g/mol. The zero-order chi connectivity index (χ0) is 13.7. The highest BCUT2D eigenvalue weighted by Gasteiger charge is 2.28. The van der Waals surface area contributed by atoms with Crippen molar-refractivity contribution in [2.75, 3.05) is 0 Å². The molecule has 1 saturated carbocycles. The van der Waals surface area contributed by atoms with Crippen LogP contribution in [0.1, 0.15) is 56.7 Å². The van der Waals surface area contributed by atoms with Crippen LogP contribution in [0.2, 0.25) is 0 Å².